The van der Waals surface area contributed by atoms with Crippen molar-refractivity contribution in [1.29, 1.82) is 0 Å². The van der Waals surface area contributed by atoms with E-state index >= 15 is 0 Å². The van der Waals surface area contributed by atoms with E-state index in [0.717, 1.165) is 25.3 Å². The van der Waals surface area contributed by atoms with Gasteiger partial charge in [-0.3, -0.25) is 4.68 Å². The lowest BCUT2D eigenvalue weighted by Gasteiger charge is -2.35. The van der Waals surface area contributed by atoms with Crippen LogP contribution < -0.4 is 0 Å². The van der Waals surface area contributed by atoms with Gasteiger partial charge in [0.15, 0.2) is 0 Å². The minimum atomic E-state index is 0.706. The van der Waals surface area contributed by atoms with E-state index in [2.05, 4.69) is 16.2 Å². The van der Waals surface area contributed by atoms with Gasteiger partial charge in [-0.25, -0.2) is 0 Å². The van der Waals surface area contributed by atoms with E-state index in [0.29, 0.717) is 6.04 Å². The lowest BCUT2D eigenvalue weighted by molar-refractivity contribution is 0.146. The lowest BCUT2D eigenvalue weighted by Crippen LogP contribution is -2.40. The molecule has 0 radical (unpaired) electrons. The summed E-state index contributed by atoms with van der Waals surface area (Å²) in [6.07, 6.45) is 10.3. The van der Waals surface area contributed by atoms with Crippen LogP contribution in [0.4, 0.5) is 0 Å². The number of alkyl halides is 1. The Hall–Kier alpha value is -0.540. The number of piperidine rings is 1. The zero-order valence-electron chi connectivity index (χ0n) is 10.6. The molecule has 0 N–H and O–H groups in total. The molecule has 3 nitrogen and oxygen atoms in total. The van der Waals surface area contributed by atoms with E-state index in [9.17, 15) is 0 Å². The highest BCUT2D eigenvalue weighted by molar-refractivity contribution is 6.17. The summed E-state index contributed by atoms with van der Waals surface area (Å²) in [7, 11) is 1.97. The predicted molar refractivity (Wildman–Crippen MR) is 71.5 cm³/mol. The van der Waals surface area contributed by atoms with Gasteiger partial charge in [-0.1, -0.05) is 6.42 Å². The molecule has 0 saturated carbocycles. The van der Waals surface area contributed by atoms with Crippen molar-refractivity contribution in [3.05, 3.63) is 18.0 Å². The summed E-state index contributed by atoms with van der Waals surface area (Å²) in [5.41, 5.74) is 1.34. The first-order valence-electron chi connectivity index (χ1n) is 6.57. The van der Waals surface area contributed by atoms with Crippen molar-refractivity contribution in [1.82, 2.24) is 14.7 Å². The molecule has 4 heteroatoms. The molecule has 0 bridgehead atoms. The van der Waals surface area contributed by atoms with Crippen molar-refractivity contribution in [3.63, 3.8) is 0 Å². The molecular weight excluding hydrogens is 234 g/mol. The molecule has 1 aromatic heterocycles. The van der Waals surface area contributed by atoms with E-state index in [1.165, 1.54) is 31.4 Å². The Morgan fingerprint density at radius 2 is 2.35 bits per heavy atom. The largest absolute Gasteiger partial charge is 0.300 e. The highest BCUT2D eigenvalue weighted by Gasteiger charge is 2.21. The number of aromatic nitrogens is 2. The summed E-state index contributed by atoms with van der Waals surface area (Å²) < 4.78 is 1.88. The van der Waals surface area contributed by atoms with Crippen LogP contribution in [-0.2, 0) is 13.5 Å². The van der Waals surface area contributed by atoms with Crippen LogP contribution in [-0.4, -0.2) is 39.7 Å². The van der Waals surface area contributed by atoms with Crippen molar-refractivity contribution in [3.8, 4) is 0 Å². The lowest BCUT2D eigenvalue weighted by atomic mass is 9.99. The third-order valence-electron chi connectivity index (χ3n) is 3.64. The fourth-order valence-corrected chi connectivity index (χ4v) is 2.93. The first-order chi connectivity index (χ1) is 8.29. The van der Waals surface area contributed by atoms with E-state index in [-0.39, 0.29) is 0 Å². The topological polar surface area (TPSA) is 21.1 Å². The van der Waals surface area contributed by atoms with Gasteiger partial charge in [-0.15, -0.1) is 11.6 Å². The smallest absolute Gasteiger partial charge is 0.0522 e. The minimum absolute atomic E-state index is 0.706. The zero-order chi connectivity index (χ0) is 12.1. The Balaban J connectivity index is 1.83. The molecule has 2 rings (SSSR count). The van der Waals surface area contributed by atoms with Gasteiger partial charge in [0, 0.05) is 31.7 Å². The summed E-state index contributed by atoms with van der Waals surface area (Å²) in [5.74, 6) is 0.786. The van der Waals surface area contributed by atoms with Crippen LogP contribution in [0.25, 0.3) is 0 Å². The molecule has 1 aliphatic rings. The number of aryl methyl sites for hydroxylation is 1. The van der Waals surface area contributed by atoms with Gasteiger partial charge in [0.1, 0.15) is 0 Å². The highest BCUT2D eigenvalue weighted by Crippen LogP contribution is 2.20. The van der Waals surface area contributed by atoms with E-state index < -0.39 is 0 Å². The standard InChI is InChI=1S/C13H22ClN3/c1-16-11-12(10-15-16)6-9-17-8-3-2-4-13(17)5-7-14/h10-11,13H,2-9H2,1H3. The molecule has 1 aromatic rings. The fourth-order valence-electron chi connectivity index (χ4n) is 2.68. The van der Waals surface area contributed by atoms with Gasteiger partial charge < -0.3 is 4.90 Å². The molecule has 1 atom stereocenters. The van der Waals surface area contributed by atoms with Gasteiger partial charge in [-0.2, -0.15) is 5.10 Å². The summed E-state index contributed by atoms with van der Waals surface area (Å²) in [4.78, 5) is 2.61. The molecule has 1 fully saturated rings. The highest BCUT2D eigenvalue weighted by atomic mass is 35.5. The fraction of sp³-hybridized carbons (Fsp3) is 0.769. The maximum Gasteiger partial charge on any atom is 0.0522 e. The third-order valence-corrected chi connectivity index (χ3v) is 3.86. The molecule has 1 aliphatic heterocycles. The summed E-state index contributed by atoms with van der Waals surface area (Å²) in [6.45, 7) is 2.38. The van der Waals surface area contributed by atoms with Crippen LogP contribution >= 0.6 is 11.6 Å². The summed E-state index contributed by atoms with van der Waals surface area (Å²) >= 11 is 5.88. The molecule has 1 unspecified atom stereocenters. The molecule has 2 heterocycles. The van der Waals surface area contributed by atoms with Crippen molar-refractivity contribution in [2.24, 2.45) is 7.05 Å². The molecule has 0 aromatic carbocycles. The van der Waals surface area contributed by atoms with Crippen LogP contribution in [0.1, 0.15) is 31.2 Å². The molecule has 0 amide bonds. The molecular formula is C13H22ClN3. The zero-order valence-corrected chi connectivity index (χ0v) is 11.4. The van der Waals surface area contributed by atoms with Crippen LogP contribution in [0.5, 0.6) is 0 Å². The van der Waals surface area contributed by atoms with Gasteiger partial charge in [0.25, 0.3) is 0 Å². The van der Waals surface area contributed by atoms with Crippen molar-refractivity contribution in [2.75, 3.05) is 19.0 Å². The van der Waals surface area contributed by atoms with E-state index in [4.69, 9.17) is 11.6 Å². The Labute approximate surface area is 109 Å². The average Bonchev–Trinajstić information content (AvgIpc) is 2.74. The third kappa shape index (κ3) is 3.71. The van der Waals surface area contributed by atoms with Gasteiger partial charge in [0.2, 0.25) is 0 Å². The van der Waals surface area contributed by atoms with Crippen molar-refractivity contribution < 1.29 is 0 Å². The molecule has 17 heavy (non-hydrogen) atoms. The summed E-state index contributed by atoms with van der Waals surface area (Å²) in [5, 5.41) is 4.21. The van der Waals surface area contributed by atoms with E-state index in [1.54, 1.807) is 0 Å². The molecule has 1 saturated heterocycles. The van der Waals surface area contributed by atoms with Crippen molar-refractivity contribution in [2.45, 2.75) is 38.1 Å². The Bertz CT molecular complexity index is 335. The number of nitrogens with zero attached hydrogens (tertiary/aromatic N) is 3. The minimum Gasteiger partial charge on any atom is -0.300 e. The van der Waals surface area contributed by atoms with Gasteiger partial charge in [-0.05, 0) is 37.8 Å². The van der Waals surface area contributed by atoms with Crippen LogP contribution in [0.15, 0.2) is 12.4 Å². The van der Waals surface area contributed by atoms with Crippen LogP contribution in [0, 0.1) is 0 Å². The number of rotatable bonds is 5. The molecule has 0 aliphatic carbocycles. The maximum absolute atomic E-state index is 5.88. The average molecular weight is 256 g/mol. The number of likely N-dealkylation sites (tertiary alicyclic amines) is 1. The van der Waals surface area contributed by atoms with Crippen LogP contribution in [0.3, 0.4) is 0 Å². The quantitative estimate of drug-likeness (QED) is 0.754. The van der Waals surface area contributed by atoms with Gasteiger partial charge in [0.05, 0.1) is 6.20 Å². The number of halogens is 1. The summed E-state index contributed by atoms with van der Waals surface area (Å²) in [6, 6.07) is 0.706. The molecule has 96 valence electrons. The number of hydrogen-bond acceptors (Lipinski definition) is 2. The second-order valence-corrected chi connectivity index (χ2v) is 5.31. The Kier molecular flexibility index (Phi) is 4.86. The predicted octanol–water partition coefficient (Wildman–Crippen LogP) is 2.45. The van der Waals surface area contributed by atoms with Crippen LogP contribution in [0.2, 0.25) is 0 Å². The monoisotopic (exact) mass is 255 g/mol. The van der Waals surface area contributed by atoms with Gasteiger partial charge >= 0.3 is 0 Å². The SMILES string of the molecule is Cn1cc(CCN2CCCCC2CCCl)cn1. The normalized spacial score (nSPS) is 21.9. The first kappa shape index (κ1) is 12.9. The van der Waals surface area contributed by atoms with Crippen molar-refractivity contribution >= 4 is 11.6 Å². The second kappa shape index (κ2) is 6.41. The first-order valence-corrected chi connectivity index (χ1v) is 7.10. The Morgan fingerprint density at radius 3 is 3.06 bits per heavy atom. The Morgan fingerprint density at radius 1 is 1.47 bits per heavy atom. The maximum atomic E-state index is 5.88. The second-order valence-electron chi connectivity index (χ2n) is 4.94. The molecule has 0 spiro atoms. The number of hydrogen-bond donors (Lipinski definition) is 0. The van der Waals surface area contributed by atoms with E-state index in [1.807, 2.05) is 17.9 Å².